The Bertz CT molecular complexity index is 2730. The van der Waals surface area contributed by atoms with Gasteiger partial charge in [0, 0.05) is 45.1 Å². The Morgan fingerprint density at radius 2 is 1.07 bits per heavy atom. The number of ether oxygens (including phenoxy) is 14. The predicted octanol–water partition coefficient (Wildman–Crippen LogP) is 11.7. The topological polar surface area (TPSA) is 207 Å². The van der Waals surface area contributed by atoms with Gasteiger partial charge >= 0.3 is 0 Å². The van der Waals surface area contributed by atoms with Crippen LogP contribution in [-0.2, 0) is 99.4 Å². The predicted molar refractivity (Wildman–Crippen MR) is 351 cm³/mol. The molecular weight excluding hydrogens is 1150 g/mol. The molecule has 0 aliphatic carbocycles. The van der Waals surface area contributed by atoms with E-state index in [-0.39, 0.29) is 50.6 Å². The first-order valence-electron chi connectivity index (χ1n) is 33.4. The molecule has 0 bridgehead atoms. The highest BCUT2D eigenvalue weighted by molar-refractivity contribution is 5.18. The minimum Gasteiger partial charge on any atom is -0.374 e. The van der Waals surface area contributed by atoms with Crippen LogP contribution in [0.4, 0.5) is 0 Å². The maximum absolute atomic E-state index is 7.61. The van der Waals surface area contributed by atoms with Crippen LogP contribution in [0.1, 0.15) is 128 Å². The largest absolute Gasteiger partial charge is 0.374 e. The van der Waals surface area contributed by atoms with Crippen molar-refractivity contribution in [3.63, 3.8) is 0 Å². The SMILES string of the molecule is CCCCOC(OCC(OCc1ccccc1)C(C)C(OC)OC1C(CC)OC(OC)C(N)C1OCc1ccccc1)C(N)C1CC2(OC1C)OC(C)C(OC(CCCC)C(N)CC(C)OCc1ccccc1)C(OCc1ccccc1)C2OCc1ccccc1. The molecule has 1 spiro atoms. The molecule has 17 heteroatoms. The number of unbranched alkanes of at least 4 members (excludes halogenated alkanes) is 2. The molecule has 502 valence electrons. The van der Waals surface area contributed by atoms with Crippen LogP contribution in [0.15, 0.2) is 152 Å². The lowest BCUT2D eigenvalue weighted by Gasteiger charge is -2.51. The van der Waals surface area contributed by atoms with E-state index < -0.39 is 97.6 Å². The molecule has 3 aliphatic heterocycles. The van der Waals surface area contributed by atoms with Crippen molar-refractivity contribution in [2.24, 2.45) is 29.0 Å². The number of benzene rings is 5. The lowest BCUT2D eigenvalue weighted by Crippen LogP contribution is -2.66. The summed E-state index contributed by atoms with van der Waals surface area (Å²) in [5.41, 5.74) is 26.8. The number of hydrogen-bond acceptors (Lipinski definition) is 17. The third-order valence-corrected chi connectivity index (χ3v) is 18.1. The van der Waals surface area contributed by atoms with Crippen LogP contribution >= 0.6 is 0 Å². The summed E-state index contributed by atoms with van der Waals surface area (Å²) in [4.78, 5) is 0. The number of rotatable bonds is 39. The molecule has 6 N–H and O–H groups in total. The van der Waals surface area contributed by atoms with Crippen LogP contribution in [-0.4, -0.2) is 137 Å². The van der Waals surface area contributed by atoms with Crippen molar-refractivity contribution in [2.75, 3.05) is 27.4 Å². The maximum atomic E-state index is 7.61. The highest BCUT2D eigenvalue weighted by Crippen LogP contribution is 2.48. The molecule has 3 saturated heterocycles. The summed E-state index contributed by atoms with van der Waals surface area (Å²) in [6.45, 7) is 16.6. The molecule has 91 heavy (non-hydrogen) atoms. The van der Waals surface area contributed by atoms with E-state index in [9.17, 15) is 0 Å². The Morgan fingerprint density at radius 1 is 0.549 bits per heavy atom. The summed E-state index contributed by atoms with van der Waals surface area (Å²) in [5.74, 6) is -2.14. The van der Waals surface area contributed by atoms with Crippen molar-refractivity contribution in [1.82, 2.24) is 0 Å². The van der Waals surface area contributed by atoms with Crippen LogP contribution in [0.2, 0.25) is 0 Å². The quantitative estimate of drug-likeness (QED) is 0.0247. The first-order valence-corrected chi connectivity index (χ1v) is 33.4. The Labute approximate surface area is 542 Å². The van der Waals surface area contributed by atoms with Gasteiger partial charge in [-0.15, -0.1) is 0 Å². The van der Waals surface area contributed by atoms with Crippen LogP contribution in [0, 0.1) is 11.8 Å². The average molecular weight is 1260 g/mol. The number of methoxy groups -OCH3 is 2. The Kier molecular flexibility index (Phi) is 29.8. The van der Waals surface area contributed by atoms with Gasteiger partial charge in [-0.2, -0.15) is 0 Å². The fourth-order valence-electron chi connectivity index (χ4n) is 12.8. The lowest BCUT2D eigenvalue weighted by molar-refractivity contribution is -0.371. The van der Waals surface area contributed by atoms with E-state index in [0.29, 0.717) is 39.1 Å². The monoisotopic (exact) mass is 1260 g/mol. The van der Waals surface area contributed by atoms with Crippen LogP contribution in [0.25, 0.3) is 0 Å². The van der Waals surface area contributed by atoms with Crippen LogP contribution < -0.4 is 17.2 Å². The average Bonchev–Trinajstić information content (AvgIpc) is 1.67. The molecule has 5 aromatic rings. The molecule has 5 aromatic carbocycles. The second-order valence-corrected chi connectivity index (χ2v) is 25.0. The molecular formula is C74H107N3O14. The maximum Gasteiger partial charge on any atom is 0.198 e. The van der Waals surface area contributed by atoms with Gasteiger partial charge in [0.1, 0.15) is 30.5 Å². The van der Waals surface area contributed by atoms with E-state index in [4.69, 9.17) is 83.5 Å². The third kappa shape index (κ3) is 20.7. The van der Waals surface area contributed by atoms with Crippen LogP contribution in [0.3, 0.4) is 0 Å². The highest BCUT2D eigenvalue weighted by Gasteiger charge is 2.63. The van der Waals surface area contributed by atoms with Crippen molar-refractivity contribution in [2.45, 2.75) is 243 Å². The molecule has 0 radical (unpaired) electrons. The smallest absolute Gasteiger partial charge is 0.198 e. The molecule has 3 aliphatic rings. The molecule has 0 saturated carbocycles. The van der Waals surface area contributed by atoms with Crippen LogP contribution in [0.5, 0.6) is 0 Å². The van der Waals surface area contributed by atoms with E-state index in [2.05, 4.69) is 57.2 Å². The molecule has 3 fully saturated rings. The van der Waals surface area contributed by atoms with Gasteiger partial charge in [0.2, 0.25) is 0 Å². The van der Waals surface area contributed by atoms with E-state index in [1.54, 1.807) is 14.2 Å². The van der Waals surface area contributed by atoms with Gasteiger partial charge in [-0.25, -0.2) is 0 Å². The first kappa shape index (κ1) is 72.3. The molecule has 20 unspecified atom stereocenters. The summed E-state index contributed by atoms with van der Waals surface area (Å²) in [7, 11) is 3.22. The zero-order valence-electron chi connectivity index (χ0n) is 55.5. The standard InChI is InChI=1S/C74H107N3O14/c1-10-13-40-62(60(75)42-50(4)81-44-54-30-20-15-21-31-54)87-66-53(7)91-74(70(85-48-58-38-28-19-29-39-58)69(66)84-47-57-36-26-18-27-37-57)43-59(52(6)90-74)64(76)73(80-41-14-11-2)86-49-63(82-45-55-32-22-16-23-33-55)51(5)71(78-8)89-67-61(12-3)88-72(79-9)65(77)68(67)83-46-56-34-24-17-25-35-56/h15-39,50-53,59-73H,10-14,40-49,75-77H2,1-9H3. The molecule has 0 amide bonds. The summed E-state index contributed by atoms with van der Waals surface area (Å²) < 4.78 is 95.6. The van der Waals surface area contributed by atoms with Gasteiger partial charge < -0.3 is 83.5 Å². The van der Waals surface area contributed by atoms with Gasteiger partial charge in [0.05, 0.1) is 88.3 Å². The highest BCUT2D eigenvalue weighted by atomic mass is 16.8. The molecule has 8 rings (SSSR count). The summed E-state index contributed by atoms with van der Waals surface area (Å²) in [6.07, 6.45) is -2.51. The van der Waals surface area contributed by atoms with Gasteiger partial charge in [-0.05, 0) is 74.3 Å². The van der Waals surface area contributed by atoms with Gasteiger partial charge in [0.15, 0.2) is 24.7 Å². The van der Waals surface area contributed by atoms with Gasteiger partial charge in [-0.3, -0.25) is 0 Å². The Morgan fingerprint density at radius 3 is 1.59 bits per heavy atom. The number of nitrogens with two attached hydrogens (primary N) is 3. The minimum atomic E-state index is -1.35. The normalized spacial score (nSPS) is 27.8. The van der Waals surface area contributed by atoms with E-state index >= 15 is 0 Å². The van der Waals surface area contributed by atoms with Crippen molar-refractivity contribution in [3.05, 3.63) is 179 Å². The minimum absolute atomic E-state index is 0.0659. The second kappa shape index (κ2) is 37.5. The molecule has 17 nitrogen and oxygen atoms in total. The van der Waals surface area contributed by atoms with Crippen molar-refractivity contribution in [3.8, 4) is 0 Å². The van der Waals surface area contributed by atoms with Gasteiger partial charge in [0.25, 0.3) is 0 Å². The fraction of sp³-hybridized carbons (Fsp3) is 0.595. The molecule has 3 heterocycles. The summed E-state index contributed by atoms with van der Waals surface area (Å²) in [6, 6.07) is 48.8. The first-order chi connectivity index (χ1) is 44.3. The zero-order chi connectivity index (χ0) is 64.5. The van der Waals surface area contributed by atoms with Crippen molar-refractivity contribution >= 4 is 0 Å². The molecule has 20 atom stereocenters. The Balaban J connectivity index is 1.06. The summed E-state index contributed by atoms with van der Waals surface area (Å²) >= 11 is 0. The summed E-state index contributed by atoms with van der Waals surface area (Å²) in [5, 5.41) is 0. The van der Waals surface area contributed by atoms with Crippen molar-refractivity contribution < 1.29 is 66.3 Å². The Hall–Kier alpha value is -4.58. The fourth-order valence-corrected chi connectivity index (χ4v) is 12.8. The third-order valence-electron chi connectivity index (χ3n) is 18.1. The van der Waals surface area contributed by atoms with E-state index in [0.717, 1.165) is 59.9 Å². The number of hydrogen-bond donors (Lipinski definition) is 3. The zero-order valence-corrected chi connectivity index (χ0v) is 55.5. The van der Waals surface area contributed by atoms with E-state index in [1.807, 2.05) is 143 Å². The second-order valence-electron chi connectivity index (χ2n) is 25.0. The van der Waals surface area contributed by atoms with Gasteiger partial charge in [-0.1, -0.05) is 199 Å². The van der Waals surface area contributed by atoms with E-state index in [1.165, 1.54) is 0 Å². The lowest BCUT2D eigenvalue weighted by atomic mass is 9.84. The molecule has 0 aromatic heterocycles. The van der Waals surface area contributed by atoms with Crippen molar-refractivity contribution in [1.29, 1.82) is 0 Å².